The number of carbonyl (C=O) groups excluding carboxylic acids is 2. The second-order valence-electron chi connectivity index (χ2n) is 5.77. The molecule has 4 heteroatoms. The van der Waals surface area contributed by atoms with E-state index >= 15 is 0 Å². The number of aliphatic hydroxyl groups is 1. The maximum Gasteiger partial charge on any atom is 0.253 e. The highest BCUT2D eigenvalue weighted by Crippen LogP contribution is 2.12. The fourth-order valence-electron chi connectivity index (χ4n) is 2.62. The minimum Gasteiger partial charge on any atom is -0.396 e. The van der Waals surface area contributed by atoms with Crippen LogP contribution in [0.25, 0.3) is 0 Å². The molecule has 0 atom stereocenters. The third-order valence-corrected chi connectivity index (χ3v) is 3.94. The first kappa shape index (κ1) is 17.9. The molecule has 1 rings (SSSR count). The van der Waals surface area contributed by atoms with Crippen molar-refractivity contribution in [2.24, 2.45) is 0 Å². The van der Waals surface area contributed by atoms with Crippen molar-refractivity contribution in [2.75, 3.05) is 13.2 Å². The van der Waals surface area contributed by atoms with Crippen LogP contribution >= 0.6 is 0 Å². The predicted molar refractivity (Wildman–Crippen MR) is 83.7 cm³/mol. The number of nitrogens with zero attached hydrogens (tertiary/aromatic N) is 1. The number of amides is 2. The molecule has 0 aromatic carbocycles. The molecule has 4 nitrogen and oxygen atoms in total. The zero-order valence-electron chi connectivity index (χ0n) is 13.1. The van der Waals surface area contributed by atoms with E-state index < -0.39 is 0 Å². The van der Waals surface area contributed by atoms with Crippen LogP contribution in [0.15, 0.2) is 12.2 Å². The quantitative estimate of drug-likeness (QED) is 0.419. The first-order chi connectivity index (χ1) is 10.3. The molecule has 21 heavy (non-hydrogen) atoms. The molecular weight excluding hydrogens is 266 g/mol. The molecule has 0 aromatic rings. The minimum absolute atomic E-state index is 0.166. The topological polar surface area (TPSA) is 57.6 Å². The number of unbranched alkanes of at least 4 members (excludes halogenated alkanes) is 10. The van der Waals surface area contributed by atoms with Crippen molar-refractivity contribution in [2.45, 2.75) is 70.6 Å². The molecule has 0 radical (unpaired) electrons. The molecule has 120 valence electrons. The molecule has 0 fully saturated rings. The zero-order valence-corrected chi connectivity index (χ0v) is 13.1. The molecule has 0 unspecified atom stereocenters. The van der Waals surface area contributed by atoms with E-state index in [1.165, 1.54) is 62.0 Å². The van der Waals surface area contributed by atoms with Gasteiger partial charge in [-0.25, -0.2) is 0 Å². The van der Waals surface area contributed by atoms with Crippen LogP contribution in [0.3, 0.4) is 0 Å². The monoisotopic (exact) mass is 295 g/mol. The number of carbonyl (C=O) groups is 2. The van der Waals surface area contributed by atoms with Gasteiger partial charge in [-0.05, 0) is 12.8 Å². The molecule has 0 saturated heterocycles. The van der Waals surface area contributed by atoms with Crippen LogP contribution in [0.2, 0.25) is 0 Å². The number of hydrogen-bond acceptors (Lipinski definition) is 3. The van der Waals surface area contributed by atoms with Gasteiger partial charge in [0.1, 0.15) is 0 Å². The van der Waals surface area contributed by atoms with E-state index in [9.17, 15) is 9.59 Å². The van der Waals surface area contributed by atoms with Gasteiger partial charge in [-0.1, -0.05) is 57.8 Å². The Morgan fingerprint density at radius 3 is 1.48 bits per heavy atom. The second-order valence-corrected chi connectivity index (χ2v) is 5.77. The number of aliphatic hydroxyl groups excluding tert-OH is 1. The third-order valence-electron chi connectivity index (χ3n) is 3.94. The third kappa shape index (κ3) is 8.00. The Balaban J connectivity index is 1.81. The van der Waals surface area contributed by atoms with Crippen molar-refractivity contribution in [1.82, 2.24) is 4.90 Å². The molecule has 0 bridgehead atoms. The molecule has 0 aliphatic carbocycles. The Labute approximate surface area is 128 Å². The van der Waals surface area contributed by atoms with Crippen LogP contribution < -0.4 is 0 Å². The van der Waals surface area contributed by atoms with E-state index in [1.807, 2.05) is 0 Å². The van der Waals surface area contributed by atoms with Crippen LogP contribution in [-0.4, -0.2) is 35.0 Å². The summed E-state index contributed by atoms with van der Waals surface area (Å²) in [6.07, 6.45) is 15.6. The fraction of sp³-hybridized carbons (Fsp3) is 0.765. The molecular formula is C17H29NO3. The molecule has 1 heterocycles. The van der Waals surface area contributed by atoms with E-state index in [0.717, 1.165) is 25.7 Å². The smallest absolute Gasteiger partial charge is 0.253 e. The highest BCUT2D eigenvalue weighted by molar-refractivity contribution is 6.12. The zero-order chi connectivity index (χ0) is 15.3. The Bertz CT molecular complexity index is 321. The normalized spacial score (nSPS) is 14.4. The fourth-order valence-corrected chi connectivity index (χ4v) is 2.62. The molecule has 1 N–H and O–H groups in total. The Morgan fingerprint density at radius 2 is 1.05 bits per heavy atom. The first-order valence-electron chi connectivity index (χ1n) is 8.40. The van der Waals surface area contributed by atoms with Crippen molar-refractivity contribution >= 4 is 11.8 Å². The summed E-state index contributed by atoms with van der Waals surface area (Å²) in [7, 11) is 0. The van der Waals surface area contributed by atoms with Crippen molar-refractivity contribution in [3.8, 4) is 0 Å². The van der Waals surface area contributed by atoms with Crippen LogP contribution in [0.1, 0.15) is 70.6 Å². The lowest BCUT2D eigenvalue weighted by molar-refractivity contribution is -0.136. The van der Waals surface area contributed by atoms with Gasteiger partial charge in [0.15, 0.2) is 0 Å². The maximum atomic E-state index is 11.3. The van der Waals surface area contributed by atoms with Crippen molar-refractivity contribution in [3.63, 3.8) is 0 Å². The summed E-state index contributed by atoms with van der Waals surface area (Å²) in [6, 6.07) is 0. The van der Waals surface area contributed by atoms with Gasteiger partial charge in [0, 0.05) is 25.3 Å². The van der Waals surface area contributed by atoms with Gasteiger partial charge in [-0.15, -0.1) is 0 Å². The largest absolute Gasteiger partial charge is 0.396 e. The summed E-state index contributed by atoms with van der Waals surface area (Å²) in [4.78, 5) is 24.0. The van der Waals surface area contributed by atoms with E-state index in [1.54, 1.807) is 0 Å². The summed E-state index contributed by atoms with van der Waals surface area (Å²) >= 11 is 0. The standard InChI is InChI=1S/C17H29NO3/c19-15-11-9-7-5-3-1-2-4-6-8-10-14-18-16(20)12-13-17(18)21/h12-13,19H,1-11,14-15H2. The van der Waals surface area contributed by atoms with Gasteiger partial charge < -0.3 is 5.11 Å². The summed E-state index contributed by atoms with van der Waals surface area (Å²) in [5, 5.41) is 8.66. The highest BCUT2D eigenvalue weighted by Gasteiger charge is 2.21. The maximum absolute atomic E-state index is 11.3. The average molecular weight is 295 g/mol. The Kier molecular flexibility index (Phi) is 9.79. The first-order valence-corrected chi connectivity index (χ1v) is 8.40. The summed E-state index contributed by atoms with van der Waals surface area (Å²) < 4.78 is 0. The van der Waals surface area contributed by atoms with Crippen molar-refractivity contribution in [3.05, 3.63) is 12.2 Å². The number of rotatable bonds is 13. The second kappa shape index (κ2) is 11.5. The molecule has 0 spiro atoms. The van der Waals surface area contributed by atoms with Gasteiger partial charge in [-0.2, -0.15) is 0 Å². The Morgan fingerprint density at radius 1 is 0.667 bits per heavy atom. The van der Waals surface area contributed by atoms with Crippen LogP contribution in [0, 0.1) is 0 Å². The lowest BCUT2D eigenvalue weighted by Crippen LogP contribution is -2.30. The van der Waals surface area contributed by atoms with Crippen LogP contribution in [-0.2, 0) is 9.59 Å². The van der Waals surface area contributed by atoms with Crippen molar-refractivity contribution < 1.29 is 14.7 Å². The number of imide groups is 1. The van der Waals surface area contributed by atoms with Crippen molar-refractivity contribution in [1.29, 1.82) is 0 Å². The van der Waals surface area contributed by atoms with Gasteiger partial charge in [0.25, 0.3) is 11.8 Å². The number of hydrogen-bond donors (Lipinski definition) is 1. The summed E-state index contributed by atoms with van der Waals surface area (Å²) in [5.41, 5.74) is 0. The van der Waals surface area contributed by atoms with E-state index in [4.69, 9.17) is 5.11 Å². The lowest BCUT2D eigenvalue weighted by atomic mass is 10.1. The van der Waals surface area contributed by atoms with Gasteiger partial charge >= 0.3 is 0 Å². The van der Waals surface area contributed by atoms with Gasteiger partial charge in [0.05, 0.1) is 0 Å². The highest BCUT2D eigenvalue weighted by atomic mass is 16.3. The molecule has 0 aromatic heterocycles. The average Bonchev–Trinajstić information content (AvgIpc) is 2.80. The lowest BCUT2D eigenvalue weighted by Gasteiger charge is -2.12. The van der Waals surface area contributed by atoms with Crippen LogP contribution in [0.5, 0.6) is 0 Å². The SMILES string of the molecule is O=C1C=CC(=O)N1CCCCCCCCCCCCCO. The van der Waals surface area contributed by atoms with Gasteiger partial charge in [-0.3, -0.25) is 14.5 Å². The molecule has 1 aliphatic rings. The van der Waals surface area contributed by atoms with E-state index in [-0.39, 0.29) is 11.8 Å². The molecule has 0 saturated carbocycles. The predicted octanol–water partition coefficient (Wildman–Crippen LogP) is 3.19. The Hall–Kier alpha value is -1.16. The molecule has 2 amide bonds. The summed E-state index contributed by atoms with van der Waals surface area (Å²) in [5.74, 6) is -0.331. The van der Waals surface area contributed by atoms with Gasteiger partial charge in [0.2, 0.25) is 0 Å². The molecule has 1 aliphatic heterocycles. The summed E-state index contributed by atoms with van der Waals surface area (Å²) in [6.45, 7) is 0.889. The van der Waals surface area contributed by atoms with Crippen LogP contribution in [0.4, 0.5) is 0 Å². The minimum atomic E-state index is -0.166. The van der Waals surface area contributed by atoms with E-state index in [2.05, 4.69) is 0 Å². The van der Waals surface area contributed by atoms with E-state index in [0.29, 0.717) is 13.2 Å².